The van der Waals surface area contributed by atoms with Crippen molar-refractivity contribution in [1.82, 2.24) is 4.90 Å². The van der Waals surface area contributed by atoms with Gasteiger partial charge in [0.05, 0.1) is 6.26 Å². The SMILES string of the molecule is NC(=O)N1C=COC=CC1. The Morgan fingerprint density at radius 2 is 2.40 bits per heavy atom. The Bertz CT molecular complexity index is 186. The average Bonchev–Trinajstić information content (AvgIpc) is 2.12. The molecule has 10 heavy (non-hydrogen) atoms. The first-order chi connectivity index (χ1) is 4.80. The minimum Gasteiger partial charge on any atom is -0.471 e. The predicted octanol–water partition coefficient (Wildman–Crippen LogP) is 0.382. The first kappa shape index (κ1) is 6.67. The molecule has 0 aromatic carbocycles. The van der Waals surface area contributed by atoms with Crippen molar-refractivity contribution in [3.8, 4) is 0 Å². The van der Waals surface area contributed by atoms with Gasteiger partial charge in [-0.15, -0.1) is 0 Å². The van der Waals surface area contributed by atoms with Crippen LogP contribution in [0.2, 0.25) is 0 Å². The van der Waals surface area contributed by atoms with E-state index in [1.54, 1.807) is 6.08 Å². The van der Waals surface area contributed by atoms with E-state index >= 15 is 0 Å². The molecule has 0 bridgehead atoms. The van der Waals surface area contributed by atoms with Crippen LogP contribution in [0.5, 0.6) is 0 Å². The van der Waals surface area contributed by atoms with Crippen molar-refractivity contribution in [3.63, 3.8) is 0 Å². The van der Waals surface area contributed by atoms with Crippen LogP contribution in [0.3, 0.4) is 0 Å². The quantitative estimate of drug-likeness (QED) is 0.529. The van der Waals surface area contributed by atoms with E-state index in [0.29, 0.717) is 6.54 Å². The monoisotopic (exact) mass is 140 g/mol. The number of carbonyl (C=O) groups excluding carboxylic acids is 1. The molecule has 54 valence electrons. The Kier molecular flexibility index (Phi) is 1.94. The molecule has 0 aliphatic carbocycles. The summed E-state index contributed by atoms with van der Waals surface area (Å²) >= 11 is 0. The summed E-state index contributed by atoms with van der Waals surface area (Å²) in [4.78, 5) is 11.9. The molecule has 0 saturated heterocycles. The van der Waals surface area contributed by atoms with Gasteiger partial charge in [0.25, 0.3) is 0 Å². The Hall–Kier alpha value is -1.45. The number of nitrogens with two attached hydrogens (primary N) is 1. The van der Waals surface area contributed by atoms with Crippen LogP contribution in [0.4, 0.5) is 4.79 Å². The van der Waals surface area contributed by atoms with E-state index in [4.69, 9.17) is 10.5 Å². The summed E-state index contributed by atoms with van der Waals surface area (Å²) in [6, 6.07) is -0.480. The molecule has 1 aliphatic heterocycles. The highest BCUT2D eigenvalue weighted by molar-refractivity contribution is 5.73. The van der Waals surface area contributed by atoms with E-state index in [1.807, 2.05) is 0 Å². The van der Waals surface area contributed by atoms with Crippen LogP contribution in [0.15, 0.2) is 24.8 Å². The largest absolute Gasteiger partial charge is 0.471 e. The van der Waals surface area contributed by atoms with Crippen molar-refractivity contribution in [3.05, 3.63) is 24.8 Å². The zero-order valence-corrected chi connectivity index (χ0v) is 5.36. The first-order valence-electron chi connectivity index (χ1n) is 2.84. The van der Waals surface area contributed by atoms with Gasteiger partial charge in [0.15, 0.2) is 0 Å². The van der Waals surface area contributed by atoms with Gasteiger partial charge in [-0.2, -0.15) is 0 Å². The number of nitrogens with zero attached hydrogens (tertiary/aromatic N) is 1. The minimum absolute atomic E-state index is 0.464. The zero-order chi connectivity index (χ0) is 7.40. The van der Waals surface area contributed by atoms with Crippen molar-refractivity contribution in [1.29, 1.82) is 0 Å². The van der Waals surface area contributed by atoms with E-state index in [0.717, 1.165) is 0 Å². The molecule has 0 spiro atoms. The summed E-state index contributed by atoms with van der Waals surface area (Å²) in [5.41, 5.74) is 4.98. The van der Waals surface area contributed by atoms with Crippen molar-refractivity contribution in [2.75, 3.05) is 6.54 Å². The summed E-state index contributed by atoms with van der Waals surface area (Å²) in [5.74, 6) is 0. The van der Waals surface area contributed by atoms with Gasteiger partial charge >= 0.3 is 6.03 Å². The fourth-order valence-corrected chi connectivity index (χ4v) is 0.590. The van der Waals surface area contributed by atoms with Crippen LogP contribution in [0, 0.1) is 0 Å². The molecule has 4 nitrogen and oxygen atoms in total. The lowest BCUT2D eigenvalue weighted by Gasteiger charge is -2.09. The highest BCUT2D eigenvalue weighted by Crippen LogP contribution is 1.95. The number of ether oxygens (including phenoxy) is 1. The molecule has 0 saturated carbocycles. The third kappa shape index (κ3) is 1.51. The van der Waals surface area contributed by atoms with Crippen LogP contribution >= 0.6 is 0 Å². The van der Waals surface area contributed by atoms with Gasteiger partial charge in [-0.05, 0) is 6.08 Å². The molecule has 0 aromatic rings. The van der Waals surface area contributed by atoms with E-state index < -0.39 is 6.03 Å². The Morgan fingerprint density at radius 1 is 1.60 bits per heavy atom. The predicted molar refractivity (Wildman–Crippen MR) is 35.7 cm³/mol. The van der Waals surface area contributed by atoms with Gasteiger partial charge in [-0.3, -0.25) is 4.90 Å². The standard InChI is InChI=1S/C6H8N2O2/c7-6(9)8-2-1-4-10-5-3-8/h1,3-5H,2H2,(H2,7,9). The van der Waals surface area contributed by atoms with E-state index in [-0.39, 0.29) is 0 Å². The van der Waals surface area contributed by atoms with E-state index in [1.165, 1.54) is 23.6 Å². The molecule has 0 aromatic heterocycles. The maximum atomic E-state index is 10.5. The van der Waals surface area contributed by atoms with Crippen molar-refractivity contribution >= 4 is 6.03 Å². The van der Waals surface area contributed by atoms with Crippen LogP contribution < -0.4 is 5.73 Å². The summed E-state index contributed by atoms with van der Waals surface area (Å²) in [7, 11) is 0. The maximum absolute atomic E-state index is 10.5. The molecule has 0 radical (unpaired) electrons. The number of primary amides is 1. The lowest BCUT2D eigenvalue weighted by Crippen LogP contribution is -2.30. The average molecular weight is 140 g/mol. The summed E-state index contributed by atoms with van der Waals surface area (Å²) in [6.07, 6.45) is 6.08. The molecular formula is C6H8N2O2. The second kappa shape index (κ2) is 2.91. The second-order valence-electron chi connectivity index (χ2n) is 1.78. The second-order valence-corrected chi connectivity index (χ2v) is 1.78. The highest BCUT2D eigenvalue weighted by Gasteiger charge is 2.03. The summed E-state index contributed by atoms with van der Waals surface area (Å²) in [6.45, 7) is 0.464. The number of amides is 2. The topological polar surface area (TPSA) is 55.6 Å². The molecule has 1 heterocycles. The Balaban J connectivity index is 2.60. The number of rotatable bonds is 0. The van der Waals surface area contributed by atoms with Gasteiger partial charge < -0.3 is 10.5 Å². The van der Waals surface area contributed by atoms with Gasteiger partial charge in [0.2, 0.25) is 0 Å². The van der Waals surface area contributed by atoms with E-state index in [2.05, 4.69) is 0 Å². The van der Waals surface area contributed by atoms with Gasteiger partial charge in [-0.25, -0.2) is 4.79 Å². The number of hydrogen-bond acceptors (Lipinski definition) is 2. The molecular weight excluding hydrogens is 132 g/mol. The molecule has 1 aliphatic rings. The lowest BCUT2D eigenvalue weighted by molar-refractivity contribution is 0.228. The fourth-order valence-electron chi connectivity index (χ4n) is 0.590. The molecule has 1 rings (SSSR count). The number of urea groups is 1. The molecule has 0 fully saturated rings. The molecule has 2 N–H and O–H groups in total. The molecule has 0 unspecified atom stereocenters. The zero-order valence-electron chi connectivity index (χ0n) is 5.36. The van der Waals surface area contributed by atoms with Gasteiger partial charge in [0, 0.05) is 12.7 Å². The lowest BCUT2D eigenvalue weighted by atomic mass is 10.5. The number of hydrogen-bond donors (Lipinski definition) is 1. The van der Waals surface area contributed by atoms with Gasteiger partial charge in [0.1, 0.15) is 6.26 Å². The normalized spacial score (nSPS) is 16.2. The smallest absolute Gasteiger partial charge is 0.319 e. The summed E-state index contributed by atoms with van der Waals surface area (Å²) in [5, 5.41) is 0. The van der Waals surface area contributed by atoms with Crippen LogP contribution in [-0.2, 0) is 4.74 Å². The van der Waals surface area contributed by atoms with Crippen LogP contribution in [0.25, 0.3) is 0 Å². The fraction of sp³-hybridized carbons (Fsp3) is 0.167. The summed E-state index contributed by atoms with van der Waals surface area (Å²) < 4.78 is 4.76. The van der Waals surface area contributed by atoms with Crippen LogP contribution in [0.1, 0.15) is 0 Å². The van der Waals surface area contributed by atoms with Gasteiger partial charge in [-0.1, -0.05) is 0 Å². The molecule has 2 amide bonds. The molecule has 4 heteroatoms. The minimum atomic E-state index is -0.480. The van der Waals surface area contributed by atoms with E-state index in [9.17, 15) is 4.79 Å². The van der Waals surface area contributed by atoms with Crippen molar-refractivity contribution in [2.45, 2.75) is 0 Å². The van der Waals surface area contributed by atoms with Crippen molar-refractivity contribution in [2.24, 2.45) is 5.73 Å². The molecule has 0 atom stereocenters. The van der Waals surface area contributed by atoms with Crippen molar-refractivity contribution < 1.29 is 9.53 Å². The third-order valence-electron chi connectivity index (χ3n) is 1.08. The first-order valence-corrected chi connectivity index (χ1v) is 2.84. The highest BCUT2D eigenvalue weighted by atomic mass is 16.5. The Morgan fingerprint density at radius 3 is 3.10 bits per heavy atom. The third-order valence-corrected chi connectivity index (χ3v) is 1.08. The number of carbonyl (C=O) groups is 1. The Labute approximate surface area is 58.6 Å². The maximum Gasteiger partial charge on any atom is 0.319 e. The van der Waals surface area contributed by atoms with Crippen LogP contribution in [-0.4, -0.2) is 17.5 Å².